The van der Waals surface area contributed by atoms with Gasteiger partial charge >= 0.3 is 5.97 Å². The van der Waals surface area contributed by atoms with Crippen molar-refractivity contribution < 1.29 is 33.6 Å². The lowest BCUT2D eigenvalue weighted by molar-refractivity contribution is -0.295. The number of hydrogen-bond acceptors (Lipinski definition) is 10. The first-order chi connectivity index (χ1) is 21.5. The summed E-state index contributed by atoms with van der Waals surface area (Å²) in [5.41, 5.74) is -2.29. The van der Waals surface area contributed by atoms with Crippen molar-refractivity contribution >= 4 is 11.8 Å². The number of ether oxygens (including phenoxy) is 4. The number of carbonyl (C=O) groups is 2. The summed E-state index contributed by atoms with van der Waals surface area (Å²) in [7, 11) is 9.91. The summed E-state index contributed by atoms with van der Waals surface area (Å²) in [6.45, 7) is 13.5. The second-order valence-electron chi connectivity index (χ2n) is 16.5. The number of carbonyl (C=O) groups excluding carboxylic acids is 2. The molecule has 0 amide bonds. The Hall–Kier alpha value is -1.14. The number of esters is 1. The first kappa shape index (κ1) is 37.7. The van der Waals surface area contributed by atoms with Crippen LogP contribution in [0.3, 0.4) is 0 Å². The summed E-state index contributed by atoms with van der Waals surface area (Å²) >= 11 is 0. The van der Waals surface area contributed by atoms with E-state index in [-0.39, 0.29) is 36.5 Å². The van der Waals surface area contributed by atoms with Crippen molar-refractivity contribution in [2.24, 2.45) is 29.1 Å². The van der Waals surface area contributed by atoms with E-state index in [0.29, 0.717) is 24.8 Å². The SMILES string of the molecule is COC1(C)CC(C)CN(C)C(CC2CC(N(C)CC3CC3)C2)COC(=O)C(C)(C)C(=O)[C@H](C)C1O[C@@H]1O[C@H](C)C[C@H](N(C)C)[C@H]1O. The fraction of sp³-hybridized carbons (Fsp3) is 0.944. The molecule has 10 nitrogen and oxygen atoms in total. The Labute approximate surface area is 278 Å². The van der Waals surface area contributed by atoms with E-state index in [1.54, 1.807) is 27.9 Å². The second kappa shape index (κ2) is 15.2. The molecule has 9 atom stereocenters. The molecule has 46 heavy (non-hydrogen) atoms. The molecule has 266 valence electrons. The van der Waals surface area contributed by atoms with E-state index in [2.05, 4.69) is 30.8 Å². The van der Waals surface area contributed by atoms with Gasteiger partial charge in [0.1, 0.15) is 18.1 Å². The number of nitrogens with zero attached hydrogens (tertiary/aromatic N) is 3. The van der Waals surface area contributed by atoms with Crippen LogP contribution in [-0.4, -0.2) is 135 Å². The van der Waals surface area contributed by atoms with E-state index in [1.807, 2.05) is 32.8 Å². The van der Waals surface area contributed by atoms with Crippen LogP contribution in [0.5, 0.6) is 0 Å². The maximum Gasteiger partial charge on any atom is 0.319 e. The van der Waals surface area contributed by atoms with E-state index in [1.165, 1.54) is 32.2 Å². The van der Waals surface area contributed by atoms with Gasteiger partial charge in [-0.05, 0) is 119 Å². The molecule has 0 aromatic carbocycles. The maximum absolute atomic E-state index is 14.2. The van der Waals surface area contributed by atoms with E-state index in [0.717, 1.165) is 18.9 Å². The average molecular weight is 652 g/mol. The van der Waals surface area contributed by atoms with Crippen LogP contribution in [0.2, 0.25) is 0 Å². The van der Waals surface area contributed by atoms with Crippen molar-refractivity contribution in [2.45, 2.75) is 135 Å². The van der Waals surface area contributed by atoms with Crippen LogP contribution < -0.4 is 0 Å². The van der Waals surface area contributed by atoms with Crippen LogP contribution in [0, 0.1) is 29.1 Å². The minimum atomic E-state index is -1.39. The average Bonchev–Trinajstić information content (AvgIpc) is 3.78. The molecule has 0 spiro atoms. The largest absolute Gasteiger partial charge is 0.463 e. The smallest absolute Gasteiger partial charge is 0.319 e. The predicted molar refractivity (Wildman–Crippen MR) is 178 cm³/mol. The monoisotopic (exact) mass is 651 g/mol. The lowest BCUT2D eigenvalue weighted by Gasteiger charge is -2.47. The Morgan fingerprint density at radius 2 is 1.67 bits per heavy atom. The van der Waals surface area contributed by atoms with Gasteiger partial charge in [0.15, 0.2) is 12.1 Å². The molecule has 0 radical (unpaired) electrons. The summed E-state index contributed by atoms with van der Waals surface area (Å²) < 4.78 is 25.1. The number of aliphatic hydroxyl groups excluding tert-OH is 1. The number of hydrogen-bond donors (Lipinski definition) is 1. The van der Waals surface area contributed by atoms with Crippen molar-refractivity contribution in [3.63, 3.8) is 0 Å². The highest BCUT2D eigenvalue weighted by Crippen LogP contribution is 2.40. The Bertz CT molecular complexity index is 1030. The fourth-order valence-corrected chi connectivity index (χ4v) is 8.33. The number of cyclic esters (lactones) is 1. The maximum atomic E-state index is 14.2. The molecule has 2 aliphatic carbocycles. The third-order valence-electron chi connectivity index (χ3n) is 11.7. The van der Waals surface area contributed by atoms with Gasteiger partial charge < -0.3 is 33.9 Å². The molecular formula is C36H65N3O7. The molecule has 10 heteroatoms. The molecule has 0 aromatic heterocycles. The molecule has 4 rings (SSSR count). The van der Waals surface area contributed by atoms with Crippen molar-refractivity contribution in [3.8, 4) is 0 Å². The van der Waals surface area contributed by atoms with Crippen LogP contribution in [0.15, 0.2) is 0 Å². The number of rotatable bonds is 9. The van der Waals surface area contributed by atoms with E-state index < -0.39 is 41.4 Å². The number of methoxy groups -OCH3 is 1. The molecule has 4 aliphatic rings. The number of aliphatic hydroxyl groups is 1. The molecule has 2 aliphatic heterocycles. The zero-order valence-electron chi connectivity index (χ0n) is 30.7. The Morgan fingerprint density at radius 1 is 1.02 bits per heavy atom. The van der Waals surface area contributed by atoms with Crippen LogP contribution in [0.4, 0.5) is 0 Å². The van der Waals surface area contributed by atoms with Crippen molar-refractivity contribution in [3.05, 3.63) is 0 Å². The van der Waals surface area contributed by atoms with Gasteiger partial charge in [-0.2, -0.15) is 0 Å². The molecular weight excluding hydrogens is 586 g/mol. The van der Waals surface area contributed by atoms with Gasteiger partial charge in [-0.25, -0.2) is 0 Å². The molecule has 0 aromatic rings. The molecule has 0 bridgehead atoms. The third-order valence-corrected chi connectivity index (χ3v) is 11.7. The lowest BCUT2D eigenvalue weighted by Crippen LogP contribution is -2.59. The van der Waals surface area contributed by atoms with E-state index >= 15 is 0 Å². The summed E-state index contributed by atoms with van der Waals surface area (Å²) in [4.78, 5) is 34.8. The zero-order valence-corrected chi connectivity index (χ0v) is 30.7. The molecule has 1 N–H and O–H groups in total. The van der Waals surface area contributed by atoms with Crippen LogP contribution >= 0.6 is 0 Å². The topological polar surface area (TPSA) is 101 Å². The summed E-state index contributed by atoms with van der Waals surface area (Å²) in [5, 5.41) is 11.3. The normalized spacial score (nSPS) is 41.8. The van der Waals surface area contributed by atoms with E-state index in [9.17, 15) is 14.7 Å². The first-order valence-corrected chi connectivity index (χ1v) is 17.8. The molecule has 2 saturated heterocycles. The van der Waals surface area contributed by atoms with Crippen molar-refractivity contribution in [2.75, 3.05) is 55.0 Å². The van der Waals surface area contributed by atoms with E-state index in [4.69, 9.17) is 18.9 Å². The Balaban J connectivity index is 1.55. The van der Waals surface area contributed by atoms with Gasteiger partial charge in [0.05, 0.1) is 17.8 Å². The fourth-order valence-electron chi connectivity index (χ4n) is 8.33. The highest BCUT2D eigenvalue weighted by atomic mass is 16.7. The molecule has 2 heterocycles. The van der Waals surface area contributed by atoms with Gasteiger partial charge in [0, 0.05) is 44.2 Å². The Morgan fingerprint density at radius 3 is 2.26 bits per heavy atom. The van der Waals surface area contributed by atoms with Crippen LogP contribution in [0.25, 0.3) is 0 Å². The van der Waals surface area contributed by atoms with Crippen LogP contribution in [0.1, 0.15) is 86.5 Å². The molecule has 4 unspecified atom stereocenters. The van der Waals surface area contributed by atoms with Gasteiger partial charge in [-0.15, -0.1) is 0 Å². The minimum absolute atomic E-state index is 0.0613. The highest BCUT2D eigenvalue weighted by molar-refractivity contribution is 6.04. The summed E-state index contributed by atoms with van der Waals surface area (Å²) in [6, 6.07) is 0.544. The number of likely N-dealkylation sites (N-methyl/N-ethyl adjacent to an activating group) is 2. The van der Waals surface area contributed by atoms with Crippen LogP contribution in [-0.2, 0) is 28.5 Å². The van der Waals surface area contributed by atoms with Crippen molar-refractivity contribution in [1.29, 1.82) is 0 Å². The Kier molecular flexibility index (Phi) is 12.4. The number of ketones is 1. The van der Waals surface area contributed by atoms with Gasteiger partial charge in [-0.3, -0.25) is 14.5 Å². The summed E-state index contributed by atoms with van der Waals surface area (Å²) in [6.07, 6.45) is 4.56. The highest BCUT2D eigenvalue weighted by Gasteiger charge is 2.51. The predicted octanol–water partition coefficient (Wildman–Crippen LogP) is 3.83. The number of Topliss-reactive ketones (excluding diaryl/α,β-unsaturated/α-hetero) is 1. The zero-order chi connectivity index (χ0) is 34.1. The van der Waals surface area contributed by atoms with Gasteiger partial charge in [-0.1, -0.05) is 13.8 Å². The van der Waals surface area contributed by atoms with Crippen molar-refractivity contribution in [1.82, 2.24) is 14.7 Å². The minimum Gasteiger partial charge on any atom is -0.463 e. The lowest BCUT2D eigenvalue weighted by atomic mass is 9.74. The second-order valence-corrected chi connectivity index (χ2v) is 16.5. The van der Waals surface area contributed by atoms with Gasteiger partial charge in [0.2, 0.25) is 0 Å². The quantitative estimate of drug-likeness (QED) is 0.293. The first-order valence-electron chi connectivity index (χ1n) is 17.8. The standard InChI is InChI=1S/C36H65N3O7/c1-22-18-36(6,43-11)32(46-33-30(40)29(37(7)8)14-23(2)45-33)24(3)31(41)35(4,5)34(42)44-21-28(38(9)19-22)17-26-15-27(16-26)39(10)20-25-12-13-25/h22-30,32-33,40H,12-21H2,1-11H3/t22?,23-,24+,26?,27?,28?,29+,30-,32?,33+,36?/m1/s1. The third kappa shape index (κ3) is 8.71. The molecule has 2 saturated carbocycles. The van der Waals surface area contributed by atoms with Gasteiger partial charge in [0.25, 0.3) is 0 Å². The summed E-state index contributed by atoms with van der Waals surface area (Å²) in [5.74, 6) is 0.140. The molecule has 4 fully saturated rings.